The molecule has 5 nitrogen and oxygen atoms in total. The molecular weight excluding hydrogens is 338 g/mol. The molecule has 2 aliphatic heterocycles. The minimum Gasteiger partial charge on any atom is -0.369 e. The zero-order valence-corrected chi connectivity index (χ0v) is 16.6. The first-order chi connectivity index (χ1) is 12.7. The van der Waals surface area contributed by atoms with Crippen molar-refractivity contribution < 1.29 is 9.90 Å². The molecule has 0 aromatic heterocycles. The molecule has 0 bridgehead atoms. The van der Waals surface area contributed by atoms with Gasteiger partial charge in [0.25, 0.3) is 5.91 Å². The topological polar surface area (TPSA) is 47.0 Å². The maximum atomic E-state index is 12.4. The molecule has 1 atom stereocenters. The number of anilines is 1. The molecule has 0 saturated carbocycles. The van der Waals surface area contributed by atoms with E-state index in [4.69, 9.17) is 0 Å². The van der Waals surface area contributed by atoms with E-state index in [9.17, 15) is 9.90 Å². The predicted octanol–water partition coefficient (Wildman–Crippen LogP) is 2.97. The fourth-order valence-corrected chi connectivity index (χ4v) is 3.77. The average molecular weight is 365 g/mol. The van der Waals surface area contributed by atoms with Crippen LogP contribution in [0.4, 0.5) is 5.69 Å². The van der Waals surface area contributed by atoms with E-state index in [1.54, 1.807) is 31.1 Å². The second-order valence-corrected chi connectivity index (χ2v) is 7.52. The molecule has 1 aromatic carbocycles. The van der Waals surface area contributed by atoms with Gasteiger partial charge in [-0.2, -0.15) is 0 Å². The number of benzene rings is 1. The minimum absolute atomic E-state index is 0.0961. The van der Waals surface area contributed by atoms with Gasteiger partial charge in [0.05, 0.1) is 5.57 Å². The number of carbonyl (C=O) groups excluding carboxylic acids is 1. The highest BCUT2D eigenvalue weighted by atomic mass is 16.3. The summed E-state index contributed by atoms with van der Waals surface area (Å²) in [7, 11) is 5.43. The molecule has 3 rings (SSSR count). The summed E-state index contributed by atoms with van der Waals surface area (Å²) in [5, 5.41) is 10.3. The zero-order chi connectivity index (χ0) is 19.9. The van der Waals surface area contributed by atoms with Crippen molar-refractivity contribution in [2.24, 2.45) is 0 Å². The predicted molar refractivity (Wildman–Crippen MR) is 109 cm³/mol. The number of carbonyl (C=O) groups is 1. The summed E-state index contributed by atoms with van der Waals surface area (Å²) in [5.41, 5.74) is 3.91. The summed E-state index contributed by atoms with van der Waals surface area (Å²) in [6, 6.07) is 8.40. The van der Waals surface area contributed by atoms with Crippen LogP contribution in [-0.4, -0.2) is 48.2 Å². The molecule has 0 spiro atoms. The fraction of sp³-hybridized carbons (Fsp3) is 0.318. The van der Waals surface area contributed by atoms with Crippen LogP contribution in [-0.2, 0) is 10.2 Å². The van der Waals surface area contributed by atoms with E-state index in [1.165, 1.54) is 21.8 Å². The van der Waals surface area contributed by atoms with Gasteiger partial charge in [0.2, 0.25) is 0 Å². The van der Waals surface area contributed by atoms with Gasteiger partial charge in [-0.05, 0) is 23.8 Å². The van der Waals surface area contributed by atoms with Gasteiger partial charge in [0.15, 0.2) is 6.23 Å². The Balaban J connectivity index is 1.86. The number of likely N-dealkylation sites (N-methyl/N-ethyl adjacent to an activating group) is 3. The Kier molecular flexibility index (Phi) is 4.74. The van der Waals surface area contributed by atoms with Crippen LogP contribution < -0.4 is 4.90 Å². The maximum Gasteiger partial charge on any atom is 0.259 e. The number of hydrogen-bond donors (Lipinski definition) is 1. The second kappa shape index (κ2) is 6.74. The van der Waals surface area contributed by atoms with E-state index in [0.717, 1.165) is 0 Å². The van der Waals surface area contributed by atoms with Gasteiger partial charge in [-0.1, -0.05) is 50.8 Å². The van der Waals surface area contributed by atoms with E-state index < -0.39 is 6.23 Å². The van der Waals surface area contributed by atoms with Crippen LogP contribution in [0.25, 0.3) is 0 Å². The Morgan fingerprint density at radius 1 is 1.07 bits per heavy atom. The fourth-order valence-electron chi connectivity index (χ4n) is 3.77. The number of amides is 1. The SMILES string of the molecule is C=C1N(C)C(=O)\C(=C/C=C/C=C2/N(C)c3ccccc3C2(C)C)C(O)N1C. The van der Waals surface area contributed by atoms with Crippen molar-refractivity contribution in [2.75, 3.05) is 26.0 Å². The summed E-state index contributed by atoms with van der Waals surface area (Å²) in [6.07, 6.45) is 6.44. The molecule has 1 amide bonds. The highest BCUT2D eigenvalue weighted by Gasteiger charge is 2.37. The summed E-state index contributed by atoms with van der Waals surface area (Å²) in [6.45, 7) is 8.23. The molecule has 2 heterocycles. The van der Waals surface area contributed by atoms with Crippen LogP contribution in [0.15, 0.2) is 72.2 Å². The van der Waals surface area contributed by atoms with Gasteiger partial charge >= 0.3 is 0 Å². The molecule has 5 heteroatoms. The number of aliphatic hydroxyl groups excluding tert-OH is 1. The lowest BCUT2D eigenvalue weighted by Crippen LogP contribution is -2.49. The van der Waals surface area contributed by atoms with E-state index in [-0.39, 0.29) is 11.3 Å². The van der Waals surface area contributed by atoms with Crippen LogP contribution in [0.3, 0.4) is 0 Å². The van der Waals surface area contributed by atoms with Crippen LogP contribution >= 0.6 is 0 Å². The first-order valence-electron chi connectivity index (χ1n) is 8.98. The number of fused-ring (bicyclic) bond motifs is 1. The van der Waals surface area contributed by atoms with Gasteiger partial charge in [-0.3, -0.25) is 9.69 Å². The number of para-hydroxylation sites is 1. The summed E-state index contributed by atoms with van der Waals surface area (Å²) >= 11 is 0. The van der Waals surface area contributed by atoms with E-state index in [0.29, 0.717) is 11.4 Å². The lowest BCUT2D eigenvalue weighted by Gasteiger charge is -2.38. The van der Waals surface area contributed by atoms with Gasteiger partial charge in [0.1, 0.15) is 5.82 Å². The molecule has 1 saturated heterocycles. The third kappa shape index (κ3) is 2.98. The number of rotatable bonds is 2. The second-order valence-electron chi connectivity index (χ2n) is 7.52. The van der Waals surface area contributed by atoms with Crippen molar-refractivity contribution in [3.8, 4) is 0 Å². The Labute approximate surface area is 161 Å². The van der Waals surface area contributed by atoms with Crippen molar-refractivity contribution in [2.45, 2.75) is 25.5 Å². The molecule has 0 aliphatic carbocycles. The first kappa shape index (κ1) is 19.0. The van der Waals surface area contributed by atoms with Crippen molar-refractivity contribution in [1.82, 2.24) is 9.80 Å². The van der Waals surface area contributed by atoms with E-state index in [1.807, 2.05) is 12.1 Å². The standard InChI is InChI=1S/C22H27N3O2/c1-15-23(4)20(26)16(21(27)24(15)5)11-7-10-14-19-22(2,3)17-12-8-9-13-18(17)25(19)6/h7-14,20,26H,1H2,2-6H3/b10-7+,16-11-,19-14+. The molecule has 2 aliphatic rings. The van der Waals surface area contributed by atoms with Gasteiger partial charge in [-0.15, -0.1) is 0 Å². The summed E-state index contributed by atoms with van der Waals surface area (Å²) in [5.74, 6) is 0.233. The molecule has 1 unspecified atom stereocenters. The Hall–Kier alpha value is -2.79. The van der Waals surface area contributed by atoms with Crippen molar-refractivity contribution in [3.05, 3.63) is 77.8 Å². The zero-order valence-electron chi connectivity index (χ0n) is 16.6. The van der Waals surface area contributed by atoms with Crippen LogP contribution in [0.2, 0.25) is 0 Å². The van der Waals surface area contributed by atoms with Gasteiger partial charge in [0, 0.05) is 37.9 Å². The average Bonchev–Trinajstić information content (AvgIpc) is 2.84. The number of aliphatic hydroxyl groups is 1. The quantitative estimate of drug-likeness (QED) is 0.819. The Morgan fingerprint density at radius 3 is 2.37 bits per heavy atom. The van der Waals surface area contributed by atoms with Crippen molar-refractivity contribution in [1.29, 1.82) is 0 Å². The van der Waals surface area contributed by atoms with Crippen LogP contribution in [0, 0.1) is 0 Å². The largest absolute Gasteiger partial charge is 0.369 e. The molecule has 1 N–H and O–H groups in total. The number of hydrogen-bond acceptors (Lipinski definition) is 4. The van der Waals surface area contributed by atoms with Crippen molar-refractivity contribution >= 4 is 11.6 Å². The van der Waals surface area contributed by atoms with E-state index in [2.05, 4.69) is 56.6 Å². The summed E-state index contributed by atoms with van der Waals surface area (Å²) < 4.78 is 0. The monoisotopic (exact) mass is 365 g/mol. The van der Waals surface area contributed by atoms with Gasteiger partial charge in [-0.25, -0.2) is 0 Å². The first-order valence-corrected chi connectivity index (χ1v) is 8.98. The third-order valence-corrected chi connectivity index (χ3v) is 5.57. The maximum absolute atomic E-state index is 12.4. The third-order valence-electron chi connectivity index (χ3n) is 5.57. The highest BCUT2D eigenvalue weighted by Crippen LogP contribution is 2.46. The molecule has 0 radical (unpaired) electrons. The van der Waals surface area contributed by atoms with Crippen LogP contribution in [0.5, 0.6) is 0 Å². The van der Waals surface area contributed by atoms with E-state index >= 15 is 0 Å². The van der Waals surface area contributed by atoms with Gasteiger partial charge < -0.3 is 14.9 Å². The molecule has 1 fully saturated rings. The van der Waals surface area contributed by atoms with Crippen molar-refractivity contribution in [3.63, 3.8) is 0 Å². The number of allylic oxidation sites excluding steroid dienone is 5. The molecular formula is C22H27N3O2. The molecule has 1 aromatic rings. The molecule has 142 valence electrons. The lowest BCUT2D eigenvalue weighted by atomic mass is 9.84. The number of nitrogens with zero attached hydrogens (tertiary/aromatic N) is 3. The highest BCUT2D eigenvalue weighted by molar-refractivity contribution is 5.96. The minimum atomic E-state index is -0.992. The Bertz CT molecular complexity index is 879. The van der Waals surface area contributed by atoms with Crippen LogP contribution in [0.1, 0.15) is 19.4 Å². The molecule has 27 heavy (non-hydrogen) atoms. The lowest BCUT2D eigenvalue weighted by molar-refractivity contribution is -0.131. The smallest absolute Gasteiger partial charge is 0.259 e. The normalized spacial score (nSPS) is 25.3. The Morgan fingerprint density at radius 2 is 1.70 bits per heavy atom. The summed E-state index contributed by atoms with van der Waals surface area (Å²) in [4.78, 5) is 17.6.